The van der Waals surface area contributed by atoms with Gasteiger partial charge in [0.05, 0.1) is 33.8 Å². The second-order valence-electron chi connectivity index (χ2n) is 21.8. The summed E-state index contributed by atoms with van der Waals surface area (Å²) in [5.74, 6) is -0.593. The van der Waals surface area contributed by atoms with Crippen LogP contribution in [0, 0.1) is 0 Å². The Morgan fingerprint density at radius 2 is 0.855 bits per heavy atom. The fourth-order valence-corrected chi connectivity index (χ4v) is 9.22. The largest absolute Gasteiger partial charge is 0.472 e. The standard InChI is InChI=1S/C66H117N2O7P/c1-7-10-13-16-19-22-25-28-29-30-31-32-33-34-35-36-37-38-39-41-44-47-50-53-56-59-66(70)75-64(57-54-51-48-45-42-27-24-21-18-15-12-9-3)63(62-74-76(71,72)73-61-60-68(4,5)6)67-65(69)58-55-52-49-46-43-40-26-23-20-17-14-11-8-2/h10,13,19,22,28-29,31-32,34-35,40,43,49,52,54,57,63-64H,7-9,11-12,14-18,20-21,23-27,30,33,36-39,41-42,44-48,50-51,53,55-56,58-62H2,1-6H3,(H-,67,69,71,72)/p+1/b13-10-,22-19-,29-28-,32-31-,35-34-,43-40-,52-49+,57-54-. The number of hydrogen-bond acceptors (Lipinski definition) is 6. The molecule has 0 heterocycles. The molecule has 76 heavy (non-hydrogen) atoms. The predicted octanol–water partition coefficient (Wildman–Crippen LogP) is 19.2. The van der Waals surface area contributed by atoms with Gasteiger partial charge in [0.25, 0.3) is 0 Å². The molecule has 3 unspecified atom stereocenters. The topological polar surface area (TPSA) is 111 Å². The van der Waals surface area contributed by atoms with E-state index < -0.39 is 20.0 Å². The van der Waals surface area contributed by atoms with Crippen LogP contribution in [-0.4, -0.2) is 74.3 Å². The number of quaternary nitrogens is 1. The lowest BCUT2D eigenvalue weighted by Crippen LogP contribution is -2.47. The van der Waals surface area contributed by atoms with Gasteiger partial charge >= 0.3 is 13.8 Å². The number of phosphoric acid groups is 1. The van der Waals surface area contributed by atoms with Gasteiger partial charge in [0.1, 0.15) is 19.3 Å². The van der Waals surface area contributed by atoms with Crippen LogP contribution in [0.2, 0.25) is 0 Å². The molecule has 0 bridgehead atoms. The summed E-state index contributed by atoms with van der Waals surface area (Å²) in [5, 5.41) is 3.01. The van der Waals surface area contributed by atoms with E-state index in [4.69, 9.17) is 13.8 Å². The number of amides is 1. The first-order valence-corrected chi connectivity index (χ1v) is 32.6. The van der Waals surface area contributed by atoms with Gasteiger partial charge in [0.2, 0.25) is 5.91 Å². The number of nitrogens with zero attached hydrogens (tertiary/aromatic N) is 1. The molecule has 0 aliphatic rings. The van der Waals surface area contributed by atoms with Gasteiger partial charge in [-0.1, -0.05) is 247 Å². The number of carbonyl (C=O) groups is 2. The monoisotopic (exact) mass is 1080 g/mol. The lowest BCUT2D eigenvalue weighted by atomic mass is 10.0. The number of rotatable bonds is 55. The third-order valence-corrected chi connectivity index (χ3v) is 14.3. The Morgan fingerprint density at radius 1 is 0.474 bits per heavy atom. The number of hydrogen-bond donors (Lipinski definition) is 2. The molecule has 0 aromatic heterocycles. The minimum atomic E-state index is -4.47. The van der Waals surface area contributed by atoms with Crippen LogP contribution < -0.4 is 5.32 Å². The molecule has 438 valence electrons. The summed E-state index contributed by atoms with van der Waals surface area (Å²) < 4.78 is 30.6. The van der Waals surface area contributed by atoms with E-state index in [1.807, 2.05) is 39.4 Å². The molecule has 0 saturated heterocycles. The van der Waals surface area contributed by atoms with Crippen LogP contribution in [0.1, 0.15) is 258 Å². The smallest absolute Gasteiger partial charge is 0.456 e. The van der Waals surface area contributed by atoms with Crippen molar-refractivity contribution in [3.05, 3.63) is 97.2 Å². The molecule has 2 N–H and O–H groups in total. The third kappa shape index (κ3) is 55.7. The number of unbranched alkanes of at least 4 members (excludes halogenated alkanes) is 25. The first-order valence-electron chi connectivity index (χ1n) is 31.1. The van der Waals surface area contributed by atoms with E-state index in [1.54, 1.807) is 0 Å². The van der Waals surface area contributed by atoms with Crippen molar-refractivity contribution in [2.45, 2.75) is 270 Å². The van der Waals surface area contributed by atoms with E-state index in [0.29, 0.717) is 17.4 Å². The summed E-state index contributed by atoms with van der Waals surface area (Å²) in [5.41, 5.74) is 0. The van der Waals surface area contributed by atoms with Gasteiger partial charge in [-0.3, -0.25) is 18.6 Å². The zero-order valence-electron chi connectivity index (χ0n) is 50.0. The Balaban J connectivity index is 5.21. The molecule has 0 spiro atoms. The highest BCUT2D eigenvalue weighted by Crippen LogP contribution is 2.43. The zero-order chi connectivity index (χ0) is 55.7. The lowest BCUT2D eigenvalue weighted by Gasteiger charge is -2.27. The molecule has 0 radical (unpaired) electrons. The number of ether oxygens (including phenoxy) is 1. The summed E-state index contributed by atoms with van der Waals surface area (Å²) in [6, 6.07) is -0.885. The van der Waals surface area contributed by atoms with Gasteiger partial charge in [-0.05, 0) is 96.0 Å². The highest BCUT2D eigenvalue weighted by molar-refractivity contribution is 7.47. The van der Waals surface area contributed by atoms with Gasteiger partial charge in [-0.2, -0.15) is 0 Å². The Morgan fingerprint density at radius 3 is 1.29 bits per heavy atom. The number of likely N-dealkylation sites (N-methyl/N-ethyl adjacent to an activating group) is 1. The van der Waals surface area contributed by atoms with Crippen LogP contribution >= 0.6 is 7.82 Å². The summed E-state index contributed by atoms with van der Waals surface area (Å²) in [6.45, 7) is 6.83. The molecule has 0 aromatic rings. The number of phosphoric ester groups is 1. The lowest BCUT2D eigenvalue weighted by molar-refractivity contribution is -0.870. The highest BCUT2D eigenvalue weighted by Gasteiger charge is 2.30. The van der Waals surface area contributed by atoms with E-state index in [0.717, 1.165) is 96.3 Å². The molecule has 0 aliphatic heterocycles. The molecule has 0 aromatic carbocycles. The number of allylic oxidation sites excluding steroid dienone is 15. The third-order valence-electron chi connectivity index (χ3n) is 13.3. The predicted molar refractivity (Wildman–Crippen MR) is 327 cm³/mol. The maximum Gasteiger partial charge on any atom is 0.472 e. The van der Waals surface area contributed by atoms with Gasteiger partial charge < -0.3 is 19.4 Å². The molecular weight excluding hydrogens is 964 g/mol. The fourth-order valence-electron chi connectivity index (χ4n) is 8.49. The summed E-state index contributed by atoms with van der Waals surface area (Å²) in [4.78, 5) is 37.6. The van der Waals surface area contributed by atoms with Crippen molar-refractivity contribution in [3.8, 4) is 0 Å². The molecule has 1 amide bonds. The van der Waals surface area contributed by atoms with Crippen molar-refractivity contribution < 1.29 is 37.3 Å². The van der Waals surface area contributed by atoms with Crippen molar-refractivity contribution >= 4 is 19.7 Å². The van der Waals surface area contributed by atoms with Crippen molar-refractivity contribution in [3.63, 3.8) is 0 Å². The van der Waals surface area contributed by atoms with E-state index >= 15 is 0 Å². The molecule has 3 atom stereocenters. The Kier molecular flexibility index (Phi) is 53.0. The molecule has 9 nitrogen and oxygen atoms in total. The zero-order valence-corrected chi connectivity index (χ0v) is 50.9. The van der Waals surface area contributed by atoms with Crippen LogP contribution in [0.4, 0.5) is 0 Å². The number of esters is 1. The summed E-state index contributed by atoms with van der Waals surface area (Å²) >= 11 is 0. The average Bonchev–Trinajstić information content (AvgIpc) is 3.38. The summed E-state index contributed by atoms with van der Waals surface area (Å²) in [7, 11) is 1.45. The molecule has 10 heteroatoms. The first kappa shape index (κ1) is 72.9. The highest BCUT2D eigenvalue weighted by atomic mass is 31.2. The average molecular weight is 1080 g/mol. The number of nitrogens with one attached hydrogen (secondary N) is 1. The van der Waals surface area contributed by atoms with Crippen molar-refractivity contribution in [1.29, 1.82) is 0 Å². The Bertz CT molecular complexity index is 1620. The van der Waals surface area contributed by atoms with Gasteiger partial charge in [-0.15, -0.1) is 0 Å². The van der Waals surface area contributed by atoms with Crippen molar-refractivity contribution in [2.75, 3.05) is 40.9 Å². The molecule has 0 rings (SSSR count). The van der Waals surface area contributed by atoms with Crippen LogP contribution in [0.25, 0.3) is 0 Å². The molecule has 0 fully saturated rings. The Hall–Kier alpha value is -3.07. The van der Waals surface area contributed by atoms with Gasteiger partial charge in [-0.25, -0.2) is 4.57 Å². The van der Waals surface area contributed by atoms with Gasteiger partial charge in [0, 0.05) is 12.8 Å². The normalized spacial score (nSPS) is 14.4. The van der Waals surface area contributed by atoms with E-state index in [1.165, 1.54) is 122 Å². The second kappa shape index (κ2) is 55.3. The van der Waals surface area contributed by atoms with E-state index in [2.05, 4.69) is 105 Å². The number of carbonyl (C=O) groups excluding carboxylic acids is 2. The maximum absolute atomic E-state index is 13.5. The maximum atomic E-state index is 13.5. The fraction of sp³-hybridized carbons (Fsp3) is 0.727. The van der Waals surface area contributed by atoms with Crippen LogP contribution in [0.3, 0.4) is 0 Å². The molecular formula is C66H118N2O7P+. The second-order valence-corrected chi connectivity index (χ2v) is 23.3. The van der Waals surface area contributed by atoms with Gasteiger partial charge in [0.15, 0.2) is 0 Å². The molecule has 0 saturated carbocycles. The van der Waals surface area contributed by atoms with Crippen LogP contribution in [0.15, 0.2) is 97.2 Å². The quantitative estimate of drug-likeness (QED) is 0.0205. The van der Waals surface area contributed by atoms with Crippen LogP contribution in [-0.2, 0) is 27.9 Å². The molecule has 0 aliphatic carbocycles. The van der Waals surface area contributed by atoms with Crippen molar-refractivity contribution in [1.82, 2.24) is 5.32 Å². The Labute approximate surface area is 468 Å². The van der Waals surface area contributed by atoms with Crippen LogP contribution in [0.5, 0.6) is 0 Å². The minimum Gasteiger partial charge on any atom is -0.456 e. The summed E-state index contributed by atoms with van der Waals surface area (Å²) in [6.07, 6.45) is 74.3. The SMILES string of the molecule is CC/C=C\C/C=C\C/C=C\C/C=C\C/C=C\CCCCCCCCCCCC(=O)OC(/C=C\CCCCCCCCCCCC)C(COP(=O)(O)OCC[N+](C)(C)C)NC(=O)CC/C=C/C/C=C\CCCCCCCC. The van der Waals surface area contributed by atoms with E-state index in [9.17, 15) is 19.0 Å². The van der Waals surface area contributed by atoms with Crippen molar-refractivity contribution in [2.24, 2.45) is 0 Å². The minimum absolute atomic E-state index is 0.0263. The first-order chi connectivity index (χ1) is 36.9. The van der Waals surface area contributed by atoms with E-state index in [-0.39, 0.29) is 37.9 Å².